The van der Waals surface area contributed by atoms with Gasteiger partial charge in [-0.05, 0) is 35.4 Å². The minimum Gasteiger partial charge on any atom is -0.494 e. The highest BCUT2D eigenvalue weighted by Gasteiger charge is 2.68. The van der Waals surface area contributed by atoms with Crippen molar-refractivity contribution in [3.8, 4) is 11.4 Å². The Balaban J connectivity index is 1.39. The molecule has 3 aliphatic rings. The molecule has 2 aromatic rings. The lowest BCUT2D eigenvalue weighted by Gasteiger charge is -2.27. The Morgan fingerprint density at radius 1 is 1.47 bits per heavy atom. The summed E-state index contributed by atoms with van der Waals surface area (Å²) in [5, 5.41) is 14.0. The fourth-order valence-corrected chi connectivity index (χ4v) is 5.11. The molecule has 0 radical (unpaired) electrons. The van der Waals surface area contributed by atoms with E-state index in [1.807, 2.05) is 0 Å². The summed E-state index contributed by atoms with van der Waals surface area (Å²) >= 11 is 0. The lowest BCUT2D eigenvalue weighted by Crippen LogP contribution is -2.43. The summed E-state index contributed by atoms with van der Waals surface area (Å²) in [6.07, 6.45) is 2.79. The third-order valence-electron chi connectivity index (χ3n) is 6.36. The molecule has 3 fully saturated rings. The zero-order valence-corrected chi connectivity index (χ0v) is 16.5. The highest BCUT2D eigenvalue weighted by Crippen LogP contribution is 2.55. The van der Waals surface area contributed by atoms with Crippen molar-refractivity contribution in [2.24, 2.45) is 17.6 Å². The topological polar surface area (TPSA) is 137 Å². The van der Waals surface area contributed by atoms with Crippen molar-refractivity contribution in [2.75, 3.05) is 32.1 Å². The van der Waals surface area contributed by atoms with E-state index < -0.39 is 17.4 Å². The first kappa shape index (κ1) is 18.9. The number of rotatable bonds is 6. The first-order valence-electron chi connectivity index (χ1n) is 9.95. The second kappa shape index (κ2) is 7.03. The maximum atomic E-state index is 13.3. The average Bonchev–Trinajstić information content (AvgIpc) is 3.51. The largest absolute Gasteiger partial charge is 0.494 e. The molecule has 1 aromatic carbocycles. The van der Waals surface area contributed by atoms with Crippen LogP contribution in [0.3, 0.4) is 0 Å². The minimum atomic E-state index is -0.563. The minimum absolute atomic E-state index is 0.0382. The number of nitrogens with one attached hydrogen (secondary N) is 1. The number of fused-ring (bicyclic) bond motifs is 1. The Morgan fingerprint density at radius 3 is 3.07 bits per heavy atom. The van der Waals surface area contributed by atoms with Gasteiger partial charge in [0.15, 0.2) is 0 Å². The van der Waals surface area contributed by atoms with Gasteiger partial charge in [0.2, 0.25) is 11.8 Å². The number of benzene rings is 1. The van der Waals surface area contributed by atoms with Gasteiger partial charge >= 0.3 is 0 Å². The number of nitrogens with two attached hydrogens (primary N) is 1. The van der Waals surface area contributed by atoms with Gasteiger partial charge in [-0.1, -0.05) is 0 Å². The van der Waals surface area contributed by atoms with E-state index >= 15 is 0 Å². The maximum Gasteiger partial charge on any atom is 0.231 e. The van der Waals surface area contributed by atoms with Crippen LogP contribution in [0, 0.1) is 11.8 Å². The van der Waals surface area contributed by atoms with Gasteiger partial charge in [0.1, 0.15) is 12.1 Å². The molecule has 11 heteroatoms. The van der Waals surface area contributed by atoms with Crippen molar-refractivity contribution in [2.45, 2.75) is 24.5 Å². The van der Waals surface area contributed by atoms with Crippen molar-refractivity contribution < 1.29 is 19.1 Å². The molecule has 3 saturated heterocycles. The van der Waals surface area contributed by atoms with E-state index in [2.05, 4.69) is 20.8 Å². The van der Waals surface area contributed by atoms with Gasteiger partial charge in [-0.15, -0.1) is 5.10 Å². The van der Waals surface area contributed by atoms with E-state index in [0.29, 0.717) is 36.8 Å². The number of carbonyl (C=O) groups is 2. The monoisotopic (exact) mass is 413 g/mol. The van der Waals surface area contributed by atoms with E-state index in [0.717, 1.165) is 12.8 Å². The summed E-state index contributed by atoms with van der Waals surface area (Å²) in [4.78, 5) is 28.0. The van der Waals surface area contributed by atoms with Crippen molar-refractivity contribution in [1.29, 1.82) is 0 Å². The predicted molar refractivity (Wildman–Crippen MR) is 104 cm³/mol. The number of methoxy groups -OCH3 is 1. The fraction of sp³-hybridized carbons (Fsp3) is 0.526. The Morgan fingerprint density at radius 2 is 2.33 bits per heavy atom. The van der Waals surface area contributed by atoms with E-state index in [1.54, 1.807) is 23.1 Å². The molecule has 2 amide bonds. The van der Waals surface area contributed by atoms with E-state index in [-0.39, 0.29) is 17.9 Å². The molecule has 3 N–H and O–H groups in total. The van der Waals surface area contributed by atoms with E-state index in [9.17, 15) is 9.59 Å². The zero-order chi connectivity index (χ0) is 20.9. The second-order valence-electron chi connectivity index (χ2n) is 7.94. The van der Waals surface area contributed by atoms with Crippen molar-refractivity contribution >= 4 is 17.5 Å². The van der Waals surface area contributed by atoms with Gasteiger partial charge in [0, 0.05) is 19.2 Å². The summed E-state index contributed by atoms with van der Waals surface area (Å²) in [6.45, 7) is 1.38. The third kappa shape index (κ3) is 2.76. The van der Waals surface area contributed by atoms with Crippen LogP contribution in [0.4, 0.5) is 5.69 Å². The number of hydrogen-bond acceptors (Lipinski definition) is 8. The van der Waals surface area contributed by atoms with Crippen LogP contribution in [0.2, 0.25) is 0 Å². The van der Waals surface area contributed by atoms with Crippen LogP contribution >= 0.6 is 0 Å². The standard InChI is InChI=1S/C19H23N7O4/c1-29-14-8-11(26-10-21-23-24-26)2-3-12(14)22-17(27)15-13-4-5-19(30-13)9-25(7-6-20)18(28)16(15)19/h2-3,8,10,13,15-16H,4-7,9,20H2,1H3,(H,22,27)/t13-,15-,16+,19-/m0/s1. The fourth-order valence-electron chi connectivity index (χ4n) is 5.11. The third-order valence-corrected chi connectivity index (χ3v) is 6.36. The first-order valence-corrected chi connectivity index (χ1v) is 9.95. The Bertz CT molecular complexity index is 981. The molecule has 158 valence electrons. The average molecular weight is 413 g/mol. The molecule has 30 heavy (non-hydrogen) atoms. The number of amides is 2. The number of likely N-dealkylation sites (tertiary alicyclic amines) is 1. The van der Waals surface area contributed by atoms with Crippen LogP contribution in [0.1, 0.15) is 12.8 Å². The molecule has 1 spiro atoms. The molecule has 0 aliphatic carbocycles. The smallest absolute Gasteiger partial charge is 0.231 e. The van der Waals surface area contributed by atoms with Crippen molar-refractivity contribution in [1.82, 2.24) is 25.1 Å². The molecular formula is C19H23N7O4. The molecule has 4 heterocycles. The van der Waals surface area contributed by atoms with Crippen molar-refractivity contribution in [3.63, 3.8) is 0 Å². The Labute approximate surface area is 172 Å². The Kier molecular flexibility index (Phi) is 4.44. The first-order chi connectivity index (χ1) is 14.6. The van der Waals surface area contributed by atoms with Crippen LogP contribution in [0.15, 0.2) is 24.5 Å². The highest BCUT2D eigenvalue weighted by molar-refractivity contribution is 5.99. The number of carbonyl (C=O) groups excluding carboxylic acids is 2. The summed E-state index contributed by atoms with van der Waals surface area (Å²) in [7, 11) is 1.52. The van der Waals surface area contributed by atoms with Gasteiger partial charge in [0.05, 0.1) is 48.6 Å². The van der Waals surface area contributed by atoms with Crippen LogP contribution in [-0.4, -0.2) is 75.4 Å². The molecule has 11 nitrogen and oxygen atoms in total. The van der Waals surface area contributed by atoms with E-state index in [1.165, 1.54) is 18.1 Å². The normalized spacial score (nSPS) is 29.3. The molecule has 4 atom stereocenters. The second-order valence-corrected chi connectivity index (χ2v) is 7.94. The van der Waals surface area contributed by atoms with Gasteiger partial charge in [-0.2, -0.15) is 0 Å². The summed E-state index contributed by atoms with van der Waals surface area (Å²) in [5.41, 5.74) is 6.30. The van der Waals surface area contributed by atoms with Crippen LogP contribution in [-0.2, 0) is 14.3 Å². The lowest BCUT2D eigenvalue weighted by atomic mass is 9.73. The number of aromatic nitrogens is 4. The zero-order valence-electron chi connectivity index (χ0n) is 16.5. The lowest BCUT2D eigenvalue weighted by molar-refractivity contribution is -0.136. The summed E-state index contributed by atoms with van der Waals surface area (Å²) in [6, 6.07) is 5.24. The molecule has 1 aromatic heterocycles. The van der Waals surface area contributed by atoms with Crippen LogP contribution in [0.25, 0.3) is 5.69 Å². The molecule has 2 bridgehead atoms. The van der Waals surface area contributed by atoms with Crippen LogP contribution < -0.4 is 15.8 Å². The molecule has 5 rings (SSSR count). The molecule has 0 unspecified atom stereocenters. The highest BCUT2D eigenvalue weighted by atomic mass is 16.5. The van der Waals surface area contributed by atoms with Gasteiger partial charge in [-0.3, -0.25) is 9.59 Å². The summed E-state index contributed by atoms with van der Waals surface area (Å²) < 4.78 is 13.1. The number of hydrogen-bond donors (Lipinski definition) is 2. The number of nitrogens with zero attached hydrogens (tertiary/aromatic N) is 5. The Hall–Kier alpha value is -3.05. The number of anilines is 1. The molecule has 3 aliphatic heterocycles. The van der Waals surface area contributed by atoms with E-state index in [4.69, 9.17) is 15.2 Å². The molecular weight excluding hydrogens is 390 g/mol. The van der Waals surface area contributed by atoms with Crippen LogP contribution in [0.5, 0.6) is 5.75 Å². The quantitative estimate of drug-likeness (QED) is 0.651. The van der Waals surface area contributed by atoms with Gasteiger partial charge in [0.25, 0.3) is 0 Å². The SMILES string of the molecule is COc1cc(-n2cnnn2)ccc1NC(=O)[C@H]1[C@@H]2CC[C@@]3(CN(CCN)C(=O)[C@@H]13)O2. The maximum absolute atomic E-state index is 13.3. The van der Waals surface area contributed by atoms with Gasteiger partial charge < -0.3 is 25.4 Å². The number of tetrazole rings is 1. The summed E-state index contributed by atoms with van der Waals surface area (Å²) in [5.74, 6) is -0.795. The molecule has 0 saturated carbocycles. The number of ether oxygens (including phenoxy) is 2. The van der Waals surface area contributed by atoms with Crippen molar-refractivity contribution in [3.05, 3.63) is 24.5 Å². The van der Waals surface area contributed by atoms with Gasteiger partial charge in [-0.25, -0.2) is 4.68 Å². The predicted octanol–water partition coefficient (Wildman–Crippen LogP) is -0.426.